The quantitative estimate of drug-likeness (QED) is 0.268. The molecule has 0 atom stereocenters. The van der Waals surface area contributed by atoms with Crippen molar-refractivity contribution >= 4 is 5.84 Å². The van der Waals surface area contributed by atoms with Crippen LogP contribution >= 0.6 is 0 Å². The first kappa shape index (κ1) is 9.95. The van der Waals surface area contributed by atoms with Gasteiger partial charge in [-0.3, -0.25) is 4.90 Å². The number of hydrazine groups is 1. The summed E-state index contributed by atoms with van der Waals surface area (Å²) in [6.07, 6.45) is 0. The average Bonchev–Trinajstić information content (AvgIpc) is 2.57. The minimum Gasteiger partial charge on any atom is -0.382 e. The molecule has 5 heteroatoms. The zero-order valence-electron chi connectivity index (χ0n) is 8.70. The Bertz CT molecular complexity index is 399. The van der Waals surface area contributed by atoms with Crippen LogP contribution in [0.25, 0.3) is 0 Å². The molecule has 2 rings (SSSR count). The first-order chi connectivity index (χ1) is 7.22. The molecule has 0 fully saturated rings. The summed E-state index contributed by atoms with van der Waals surface area (Å²) in [5.41, 5.74) is 11.6. The summed E-state index contributed by atoms with van der Waals surface area (Å²) in [5, 5.41) is 3.80. The predicted octanol–water partition coefficient (Wildman–Crippen LogP) is -0.284. The average molecular weight is 205 g/mol. The van der Waals surface area contributed by atoms with Crippen molar-refractivity contribution in [3.05, 3.63) is 34.9 Å². The van der Waals surface area contributed by atoms with Gasteiger partial charge in [-0.15, -0.1) is 5.10 Å². The van der Waals surface area contributed by atoms with Gasteiger partial charge < -0.3 is 5.73 Å². The summed E-state index contributed by atoms with van der Waals surface area (Å²) in [7, 11) is 2.08. The summed E-state index contributed by atoms with van der Waals surface area (Å²) in [6.45, 7) is 1.87. The number of rotatable bonds is 2. The monoisotopic (exact) mass is 205 g/mol. The Morgan fingerprint density at radius 2 is 2.27 bits per heavy atom. The van der Waals surface area contributed by atoms with Gasteiger partial charge in [0, 0.05) is 18.7 Å². The van der Waals surface area contributed by atoms with Gasteiger partial charge in [0.1, 0.15) is 0 Å². The summed E-state index contributed by atoms with van der Waals surface area (Å²) >= 11 is 0. The van der Waals surface area contributed by atoms with E-state index in [1.165, 1.54) is 11.1 Å². The fourth-order valence-electron chi connectivity index (χ4n) is 1.96. The molecule has 0 radical (unpaired) electrons. The highest BCUT2D eigenvalue weighted by atomic mass is 15.5. The highest BCUT2D eigenvalue weighted by Crippen LogP contribution is 2.24. The number of benzene rings is 1. The molecule has 0 aromatic heterocycles. The maximum absolute atomic E-state index is 5.81. The lowest BCUT2D eigenvalue weighted by molar-refractivity contribution is 0.353. The van der Waals surface area contributed by atoms with Crippen molar-refractivity contribution in [1.29, 1.82) is 0 Å². The minimum absolute atomic E-state index is 0.435. The number of nitrogens with two attached hydrogens (primary N) is 2. The molecule has 0 amide bonds. The Morgan fingerprint density at radius 3 is 3.00 bits per heavy atom. The molecule has 0 saturated carbocycles. The predicted molar refractivity (Wildman–Crippen MR) is 59.7 cm³/mol. The molecule has 1 aromatic rings. The molecule has 1 heterocycles. The second-order valence-corrected chi connectivity index (χ2v) is 3.74. The highest BCUT2D eigenvalue weighted by molar-refractivity contribution is 5.99. The summed E-state index contributed by atoms with van der Waals surface area (Å²) in [5.74, 6) is 5.55. The van der Waals surface area contributed by atoms with Gasteiger partial charge in [0.2, 0.25) is 0 Å². The third kappa shape index (κ3) is 1.79. The Labute approximate surface area is 88.7 Å². The number of hydrogen-bond donors (Lipinski definition) is 3. The van der Waals surface area contributed by atoms with E-state index in [0.29, 0.717) is 5.84 Å². The van der Waals surface area contributed by atoms with Gasteiger partial charge in [0.15, 0.2) is 5.84 Å². The van der Waals surface area contributed by atoms with Crippen molar-refractivity contribution in [2.24, 2.45) is 16.7 Å². The smallest absolute Gasteiger partial charge is 0.152 e. The Hall–Kier alpha value is -1.59. The minimum atomic E-state index is 0.435. The Kier molecular flexibility index (Phi) is 2.57. The summed E-state index contributed by atoms with van der Waals surface area (Å²) in [4.78, 5) is 2.23. The van der Waals surface area contributed by atoms with Crippen molar-refractivity contribution in [3.8, 4) is 0 Å². The number of hydrogen-bond acceptors (Lipinski definition) is 4. The third-order valence-electron chi connectivity index (χ3n) is 2.60. The number of nitrogens with one attached hydrogen (secondary N) is 1. The molecular weight excluding hydrogens is 190 g/mol. The summed E-state index contributed by atoms with van der Waals surface area (Å²) in [6, 6.07) is 6.08. The van der Waals surface area contributed by atoms with Crippen LogP contribution < -0.4 is 17.1 Å². The van der Waals surface area contributed by atoms with Gasteiger partial charge in [-0.05, 0) is 18.2 Å². The molecule has 15 heavy (non-hydrogen) atoms. The first-order valence-corrected chi connectivity index (χ1v) is 4.81. The number of nitrogens with zero attached hydrogens (tertiary/aromatic N) is 2. The lowest BCUT2D eigenvalue weighted by Crippen LogP contribution is -2.24. The van der Waals surface area contributed by atoms with Crippen molar-refractivity contribution in [2.75, 3.05) is 7.05 Å². The van der Waals surface area contributed by atoms with Crippen LogP contribution in [0, 0.1) is 0 Å². The van der Waals surface area contributed by atoms with Gasteiger partial charge >= 0.3 is 0 Å². The van der Waals surface area contributed by atoms with Gasteiger partial charge in [-0.2, -0.15) is 0 Å². The normalized spacial score (nSPS) is 16.5. The number of fused-ring (bicyclic) bond motifs is 1. The molecule has 1 aliphatic heterocycles. The largest absolute Gasteiger partial charge is 0.382 e. The molecule has 0 bridgehead atoms. The van der Waals surface area contributed by atoms with Crippen LogP contribution in [0.15, 0.2) is 23.3 Å². The van der Waals surface area contributed by atoms with Gasteiger partial charge in [-0.1, -0.05) is 18.2 Å². The zero-order valence-corrected chi connectivity index (χ0v) is 8.70. The van der Waals surface area contributed by atoms with E-state index in [1.807, 2.05) is 12.1 Å². The topological polar surface area (TPSA) is 79.7 Å². The van der Waals surface area contributed by atoms with E-state index in [4.69, 9.17) is 11.6 Å². The van der Waals surface area contributed by atoms with Crippen LogP contribution in [0.1, 0.15) is 16.7 Å². The lowest BCUT2D eigenvalue weighted by Gasteiger charge is -2.07. The van der Waals surface area contributed by atoms with E-state index in [2.05, 4.69) is 28.7 Å². The lowest BCUT2D eigenvalue weighted by atomic mass is 10.0. The van der Waals surface area contributed by atoms with E-state index >= 15 is 0 Å². The van der Waals surface area contributed by atoms with E-state index in [-0.39, 0.29) is 0 Å². The molecular formula is C10H15N5. The molecule has 1 aliphatic rings. The molecule has 0 aliphatic carbocycles. The van der Waals surface area contributed by atoms with E-state index in [0.717, 1.165) is 18.7 Å². The number of hydrazone groups is 1. The Morgan fingerprint density at radius 1 is 1.47 bits per heavy atom. The van der Waals surface area contributed by atoms with Crippen molar-refractivity contribution in [3.63, 3.8) is 0 Å². The van der Waals surface area contributed by atoms with Gasteiger partial charge in [0.05, 0.1) is 0 Å². The van der Waals surface area contributed by atoms with Crippen LogP contribution in [0.2, 0.25) is 0 Å². The van der Waals surface area contributed by atoms with Crippen molar-refractivity contribution < 1.29 is 0 Å². The zero-order chi connectivity index (χ0) is 10.8. The fraction of sp³-hybridized carbons (Fsp3) is 0.300. The molecule has 1 aromatic carbocycles. The fourth-order valence-corrected chi connectivity index (χ4v) is 1.96. The number of amidine groups is 1. The van der Waals surface area contributed by atoms with E-state index in [9.17, 15) is 0 Å². The van der Waals surface area contributed by atoms with Crippen molar-refractivity contribution in [1.82, 2.24) is 10.4 Å². The molecule has 5 N–H and O–H groups in total. The standard InChI is InChI=1S/C10H15N5/c1-15-5-7-3-2-4-8(9(7)6-15)10(11)13-14-12/h2-4,14H,5-6,12H2,1H3,(H2,11,13). The van der Waals surface area contributed by atoms with Crippen LogP contribution in [0.5, 0.6) is 0 Å². The van der Waals surface area contributed by atoms with E-state index in [1.54, 1.807) is 0 Å². The van der Waals surface area contributed by atoms with Crippen molar-refractivity contribution in [2.45, 2.75) is 13.1 Å². The van der Waals surface area contributed by atoms with E-state index < -0.39 is 0 Å². The van der Waals surface area contributed by atoms with Gasteiger partial charge in [-0.25, -0.2) is 11.4 Å². The molecule has 0 spiro atoms. The van der Waals surface area contributed by atoms with Crippen LogP contribution in [-0.2, 0) is 13.1 Å². The molecule has 5 nitrogen and oxygen atoms in total. The molecule has 0 saturated heterocycles. The maximum Gasteiger partial charge on any atom is 0.152 e. The second-order valence-electron chi connectivity index (χ2n) is 3.74. The SMILES string of the molecule is CN1Cc2cccc(/C(N)=N/NN)c2C1. The van der Waals surface area contributed by atoms with Crippen LogP contribution in [0.4, 0.5) is 0 Å². The molecule has 80 valence electrons. The third-order valence-corrected chi connectivity index (χ3v) is 2.60. The maximum atomic E-state index is 5.81. The first-order valence-electron chi connectivity index (χ1n) is 4.81. The molecule has 0 unspecified atom stereocenters. The van der Waals surface area contributed by atoms with Gasteiger partial charge in [0.25, 0.3) is 0 Å². The van der Waals surface area contributed by atoms with Crippen LogP contribution in [-0.4, -0.2) is 17.8 Å². The Balaban J connectivity index is 2.43. The highest BCUT2D eigenvalue weighted by Gasteiger charge is 2.19. The summed E-state index contributed by atoms with van der Waals surface area (Å²) < 4.78 is 0. The van der Waals surface area contributed by atoms with Crippen LogP contribution in [0.3, 0.4) is 0 Å². The second kappa shape index (κ2) is 3.88.